The Balaban J connectivity index is 0.00000312. The molecule has 0 aliphatic heterocycles. The summed E-state index contributed by atoms with van der Waals surface area (Å²) in [5.41, 5.74) is 1.76. The van der Waals surface area contributed by atoms with Gasteiger partial charge >= 0.3 is 0 Å². The molecule has 2 aromatic rings. The van der Waals surface area contributed by atoms with Crippen molar-refractivity contribution in [2.75, 3.05) is 20.2 Å². The van der Waals surface area contributed by atoms with Gasteiger partial charge in [-0.1, -0.05) is 36.4 Å². The van der Waals surface area contributed by atoms with E-state index in [-0.39, 0.29) is 29.8 Å². The van der Waals surface area contributed by atoms with Gasteiger partial charge in [0.2, 0.25) is 0 Å². The Labute approximate surface area is 165 Å². The van der Waals surface area contributed by atoms with Gasteiger partial charge in [0.1, 0.15) is 11.6 Å². The number of rotatable bonds is 7. The van der Waals surface area contributed by atoms with Crippen molar-refractivity contribution in [1.82, 2.24) is 10.6 Å². The maximum atomic E-state index is 13.6. The van der Waals surface area contributed by atoms with Crippen molar-refractivity contribution in [1.29, 1.82) is 0 Å². The van der Waals surface area contributed by atoms with Gasteiger partial charge in [0.15, 0.2) is 5.96 Å². The summed E-state index contributed by atoms with van der Waals surface area (Å²) >= 11 is 0. The fourth-order valence-corrected chi connectivity index (χ4v) is 2.36. The number of hydrogen-bond acceptors (Lipinski definition) is 2. The molecule has 2 aromatic carbocycles. The van der Waals surface area contributed by atoms with Gasteiger partial charge in [-0.15, -0.1) is 24.0 Å². The average molecular weight is 457 g/mol. The van der Waals surface area contributed by atoms with E-state index in [4.69, 9.17) is 4.74 Å². The molecule has 0 atom stereocenters. The Bertz CT molecular complexity index is 679. The van der Waals surface area contributed by atoms with Crippen LogP contribution in [0.3, 0.4) is 0 Å². The molecule has 0 unspecified atom stereocenters. The van der Waals surface area contributed by atoms with E-state index in [9.17, 15) is 4.39 Å². The highest BCUT2D eigenvalue weighted by Crippen LogP contribution is 2.17. The van der Waals surface area contributed by atoms with Gasteiger partial charge in [-0.3, -0.25) is 4.99 Å². The summed E-state index contributed by atoms with van der Waals surface area (Å²) in [6.45, 7) is 3.81. The SMILES string of the molecule is CCOc1ccccc1CNC(=NC)NCCc1ccccc1F.I. The molecule has 6 heteroatoms. The second kappa shape index (κ2) is 11.7. The first-order valence-electron chi connectivity index (χ1n) is 8.13. The molecule has 4 nitrogen and oxygen atoms in total. The van der Waals surface area contributed by atoms with Crippen molar-refractivity contribution in [3.8, 4) is 5.75 Å². The minimum Gasteiger partial charge on any atom is -0.494 e. The minimum atomic E-state index is -0.173. The van der Waals surface area contributed by atoms with Crippen LogP contribution >= 0.6 is 24.0 Å². The molecule has 0 bridgehead atoms. The quantitative estimate of drug-likeness (QED) is 0.378. The molecule has 0 aromatic heterocycles. The van der Waals surface area contributed by atoms with Crippen LogP contribution in [0.25, 0.3) is 0 Å². The maximum Gasteiger partial charge on any atom is 0.191 e. The molecule has 2 N–H and O–H groups in total. The van der Waals surface area contributed by atoms with Gasteiger partial charge in [0.05, 0.1) is 6.61 Å². The second-order valence-corrected chi connectivity index (χ2v) is 5.23. The first-order chi connectivity index (χ1) is 11.7. The van der Waals surface area contributed by atoms with E-state index in [1.807, 2.05) is 37.3 Å². The van der Waals surface area contributed by atoms with Gasteiger partial charge in [-0.25, -0.2) is 4.39 Å². The lowest BCUT2D eigenvalue weighted by atomic mass is 10.1. The lowest BCUT2D eigenvalue weighted by Gasteiger charge is -2.14. The monoisotopic (exact) mass is 457 g/mol. The largest absolute Gasteiger partial charge is 0.494 e. The van der Waals surface area contributed by atoms with Gasteiger partial charge < -0.3 is 15.4 Å². The molecule has 0 aliphatic rings. The number of guanidine groups is 1. The Hall–Kier alpha value is -1.83. The van der Waals surface area contributed by atoms with Crippen molar-refractivity contribution in [2.45, 2.75) is 19.9 Å². The maximum absolute atomic E-state index is 13.6. The van der Waals surface area contributed by atoms with E-state index >= 15 is 0 Å². The first kappa shape index (κ1) is 21.2. The third-order valence-corrected chi connectivity index (χ3v) is 3.59. The van der Waals surface area contributed by atoms with Crippen molar-refractivity contribution in [3.63, 3.8) is 0 Å². The van der Waals surface area contributed by atoms with Crippen molar-refractivity contribution < 1.29 is 9.13 Å². The normalized spacial score (nSPS) is 10.8. The molecule has 0 spiro atoms. The van der Waals surface area contributed by atoms with Crippen LogP contribution in [0.2, 0.25) is 0 Å². The Morgan fingerprint density at radius 1 is 1.04 bits per heavy atom. The topological polar surface area (TPSA) is 45.6 Å². The van der Waals surface area contributed by atoms with Gasteiger partial charge in [0, 0.05) is 25.7 Å². The fourth-order valence-electron chi connectivity index (χ4n) is 2.36. The molecule has 0 radical (unpaired) electrons. The Morgan fingerprint density at radius 2 is 1.72 bits per heavy atom. The molecule has 0 heterocycles. The molecule has 0 saturated heterocycles. The zero-order valence-electron chi connectivity index (χ0n) is 14.6. The molecule has 136 valence electrons. The van der Waals surface area contributed by atoms with Crippen LogP contribution in [0.4, 0.5) is 4.39 Å². The highest BCUT2D eigenvalue weighted by atomic mass is 127. The van der Waals surface area contributed by atoms with Crippen LogP contribution in [0.15, 0.2) is 53.5 Å². The molecular formula is C19H25FIN3O. The zero-order chi connectivity index (χ0) is 17.2. The summed E-state index contributed by atoms with van der Waals surface area (Å²) in [5.74, 6) is 1.37. The average Bonchev–Trinajstić information content (AvgIpc) is 2.61. The summed E-state index contributed by atoms with van der Waals surface area (Å²) < 4.78 is 19.2. The summed E-state index contributed by atoms with van der Waals surface area (Å²) in [6, 6.07) is 14.7. The lowest BCUT2D eigenvalue weighted by molar-refractivity contribution is 0.336. The van der Waals surface area contributed by atoms with Crippen LogP contribution in [0.1, 0.15) is 18.1 Å². The lowest BCUT2D eigenvalue weighted by Crippen LogP contribution is -2.38. The van der Waals surface area contributed by atoms with Crippen molar-refractivity contribution >= 4 is 29.9 Å². The predicted octanol–water partition coefficient (Wildman–Crippen LogP) is 3.75. The number of hydrogen-bond donors (Lipinski definition) is 2. The molecule has 25 heavy (non-hydrogen) atoms. The number of halogens is 2. The van der Waals surface area contributed by atoms with Crippen LogP contribution in [0.5, 0.6) is 5.75 Å². The fraction of sp³-hybridized carbons (Fsp3) is 0.316. The second-order valence-electron chi connectivity index (χ2n) is 5.23. The number of para-hydroxylation sites is 1. The molecule has 0 aliphatic carbocycles. The van der Waals surface area contributed by atoms with Crippen LogP contribution in [0, 0.1) is 5.82 Å². The zero-order valence-corrected chi connectivity index (χ0v) is 16.9. The highest BCUT2D eigenvalue weighted by molar-refractivity contribution is 14.0. The molecule has 2 rings (SSSR count). The highest BCUT2D eigenvalue weighted by Gasteiger charge is 2.05. The Kier molecular flexibility index (Phi) is 9.91. The van der Waals surface area contributed by atoms with Crippen LogP contribution in [-0.2, 0) is 13.0 Å². The van der Waals surface area contributed by atoms with E-state index in [1.165, 1.54) is 6.07 Å². The molecule has 0 fully saturated rings. The molecular weight excluding hydrogens is 432 g/mol. The number of aliphatic imine (C=N–C) groups is 1. The number of nitrogens with zero attached hydrogens (tertiary/aromatic N) is 1. The standard InChI is InChI=1S/C19H24FN3O.HI/c1-3-24-18-11-7-5-9-16(18)14-23-19(21-2)22-13-12-15-8-4-6-10-17(15)20;/h4-11H,3,12-14H2,1-2H3,(H2,21,22,23);1H. The number of nitrogens with one attached hydrogen (secondary N) is 2. The van der Waals surface area contributed by atoms with Crippen LogP contribution in [-0.4, -0.2) is 26.2 Å². The van der Waals surface area contributed by atoms with Crippen molar-refractivity contribution in [3.05, 3.63) is 65.5 Å². The van der Waals surface area contributed by atoms with E-state index in [0.29, 0.717) is 37.6 Å². The third-order valence-electron chi connectivity index (χ3n) is 3.59. The van der Waals surface area contributed by atoms with Crippen LogP contribution < -0.4 is 15.4 Å². The third kappa shape index (κ3) is 6.89. The molecule has 0 amide bonds. The van der Waals surface area contributed by atoms with E-state index in [2.05, 4.69) is 15.6 Å². The molecule has 0 saturated carbocycles. The van der Waals surface area contributed by atoms with E-state index < -0.39 is 0 Å². The van der Waals surface area contributed by atoms with Gasteiger partial charge in [-0.2, -0.15) is 0 Å². The predicted molar refractivity (Wildman–Crippen MR) is 111 cm³/mol. The summed E-state index contributed by atoms with van der Waals surface area (Å²) in [7, 11) is 1.72. The minimum absolute atomic E-state index is 0. The van der Waals surface area contributed by atoms with Crippen molar-refractivity contribution in [2.24, 2.45) is 4.99 Å². The Morgan fingerprint density at radius 3 is 2.40 bits per heavy atom. The van der Waals surface area contributed by atoms with E-state index in [1.54, 1.807) is 19.2 Å². The van der Waals surface area contributed by atoms with E-state index in [0.717, 1.165) is 11.3 Å². The number of benzene rings is 2. The first-order valence-corrected chi connectivity index (χ1v) is 8.13. The van der Waals surface area contributed by atoms with Gasteiger partial charge in [0.25, 0.3) is 0 Å². The summed E-state index contributed by atoms with van der Waals surface area (Å²) in [5, 5.41) is 6.45. The van der Waals surface area contributed by atoms with Gasteiger partial charge in [-0.05, 0) is 31.0 Å². The number of ether oxygens (including phenoxy) is 1. The smallest absolute Gasteiger partial charge is 0.191 e. The summed E-state index contributed by atoms with van der Waals surface area (Å²) in [4.78, 5) is 4.19. The summed E-state index contributed by atoms with van der Waals surface area (Å²) in [6.07, 6.45) is 0.600.